The summed E-state index contributed by atoms with van der Waals surface area (Å²) in [4.78, 5) is 16.9. The number of hydrogen-bond acceptors (Lipinski definition) is 6. The molecule has 3 rings (SSSR count). The van der Waals surface area contributed by atoms with E-state index in [1.54, 1.807) is 30.3 Å². The van der Waals surface area contributed by atoms with E-state index in [0.717, 1.165) is 0 Å². The Morgan fingerprint density at radius 2 is 1.88 bits per heavy atom. The van der Waals surface area contributed by atoms with Crippen LogP contribution in [0, 0.1) is 0 Å². The van der Waals surface area contributed by atoms with E-state index in [0.29, 0.717) is 22.6 Å². The molecule has 0 aliphatic carbocycles. The number of para-hydroxylation sites is 1. The van der Waals surface area contributed by atoms with E-state index in [1.807, 2.05) is 13.8 Å². The summed E-state index contributed by atoms with van der Waals surface area (Å²) in [7, 11) is 1.33. The van der Waals surface area contributed by atoms with Crippen LogP contribution in [-0.4, -0.2) is 36.9 Å². The third-order valence-electron chi connectivity index (χ3n) is 4.28. The molecule has 10 heteroatoms. The lowest BCUT2D eigenvalue weighted by Gasteiger charge is -2.13. The Kier molecular flexibility index (Phi) is 7.47. The Hall–Kier alpha value is -3.69. The Balaban J connectivity index is 1.70. The van der Waals surface area contributed by atoms with Crippen LogP contribution in [0.15, 0.2) is 53.1 Å². The Morgan fingerprint density at radius 1 is 1.12 bits per heavy atom. The number of carbonyl (C=O) groups is 1. The second-order valence-corrected chi connectivity index (χ2v) is 7.26. The van der Waals surface area contributed by atoms with E-state index >= 15 is 0 Å². The van der Waals surface area contributed by atoms with Crippen molar-refractivity contribution in [2.24, 2.45) is 0 Å². The van der Waals surface area contributed by atoms with Gasteiger partial charge >= 0.3 is 6.18 Å². The largest absolute Gasteiger partial charge is 0.493 e. The van der Waals surface area contributed by atoms with Crippen molar-refractivity contribution in [1.29, 1.82) is 0 Å². The highest BCUT2D eigenvalue weighted by Gasteiger charge is 2.29. The fourth-order valence-corrected chi connectivity index (χ4v) is 2.88. The van der Waals surface area contributed by atoms with Gasteiger partial charge in [-0.3, -0.25) is 4.79 Å². The van der Waals surface area contributed by atoms with Gasteiger partial charge in [-0.25, -0.2) is 4.98 Å². The summed E-state index contributed by atoms with van der Waals surface area (Å²) < 4.78 is 58.6. The zero-order valence-electron chi connectivity index (χ0n) is 18.2. The molecule has 0 unspecified atom stereocenters. The summed E-state index contributed by atoms with van der Waals surface area (Å²) in [6.07, 6.45) is -3.23. The minimum Gasteiger partial charge on any atom is -0.493 e. The lowest BCUT2D eigenvalue weighted by molar-refractivity contribution is -0.153. The van der Waals surface area contributed by atoms with Crippen LogP contribution < -0.4 is 19.5 Å². The van der Waals surface area contributed by atoms with E-state index in [-0.39, 0.29) is 35.9 Å². The topological polar surface area (TPSA) is 82.8 Å². The summed E-state index contributed by atoms with van der Waals surface area (Å²) in [5.41, 5.74) is 1.20. The maximum atomic E-state index is 12.6. The molecule has 3 aromatic rings. The summed E-state index contributed by atoms with van der Waals surface area (Å²) in [6, 6.07) is 11.3. The Morgan fingerprint density at radius 3 is 2.58 bits per heavy atom. The van der Waals surface area contributed by atoms with Gasteiger partial charge in [0.2, 0.25) is 5.89 Å². The average molecular weight is 464 g/mol. The molecule has 0 radical (unpaired) electrons. The predicted octanol–water partition coefficient (Wildman–Crippen LogP) is 5.01. The zero-order valence-corrected chi connectivity index (χ0v) is 18.2. The van der Waals surface area contributed by atoms with Gasteiger partial charge in [-0.05, 0) is 44.2 Å². The van der Waals surface area contributed by atoms with Gasteiger partial charge in [0.25, 0.3) is 5.91 Å². The fourth-order valence-electron chi connectivity index (χ4n) is 2.88. The number of nitrogens with zero attached hydrogens (tertiary/aromatic N) is 1. The summed E-state index contributed by atoms with van der Waals surface area (Å²) >= 11 is 0. The smallest absolute Gasteiger partial charge is 0.422 e. The van der Waals surface area contributed by atoms with Gasteiger partial charge in [-0.1, -0.05) is 12.1 Å². The molecule has 1 heterocycles. The maximum absolute atomic E-state index is 12.6. The van der Waals surface area contributed by atoms with Crippen LogP contribution in [0.5, 0.6) is 17.2 Å². The van der Waals surface area contributed by atoms with E-state index in [4.69, 9.17) is 18.6 Å². The number of methoxy groups -OCH3 is 1. The van der Waals surface area contributed by atoms with Crippen LogP contribution >= 0.6 is 0 Å². The van der Waals surface area contributed by atoms with Crippen molar-refractivity contribution in [2.45, 2.75) is 32.7 Å². The molecule has 0 saturated heterocycles. The predicted molar refractivity (Wildman–Crippen MR) is 113 cm³/mol. The van der Waals surface area contributed by atoms with E-state index < -0.39 is 12.8 Å². The van der Waals surface area contributed by atoms with Crippen molar-refractivity contribution >= 4 is 5.91 Å². The highest BCUT2D eigenvalue weighted by molar-refractivity contribution is 5.96. The standard InChI is InChI=1S/C23H23F3N2O5/c1-14(2)33-18-7-5-4-6-17(18)21(29)27-11-16-12-31-22(28-16)15-8-9-19(30-3)20(10-15)32-13-23(24,25)26/h4-10,12,14H,11,13H2,1-3H3,(H,27,29). The number of hydrogen-bond donors (Lipinski definition) is 1. The van der Waals surface area contributed by atoms with Gasteiger partial charge in [0.1, 0.15) is 12.0 Å². The first-order valence-electron chi connectivity index (χ1n) is 10.0. The number of amides is 1. The second kappa shape index (κ2) is 10.3. The van der Waals surface area contributed by atoms with Crippen molar-refractivity contribution in [3.8, 4) is 28.7 Å². The molecule has 176 valence electrons. The number of nitrogens with one attached hydrogen (secondary N) is 1. The Labute approximate surface area is 188 Å². The first kappa shape index (κ1) is 24.0. The molecule has 0 spiro atoms. The normalized spacial score (nSPS) is 11.4. The average Bonchev–Trinajstić information content (AvgIpc) is 3.24. The first-order valence-corrected chi connectivity index (χ1v) is 10.0. The first-order chi connectivity index (χ1) is 15.7. The number of rotatable bonds is 9. The summed E-state index contributed by atoms with van der Waals surface area (Å²) in [5, 5.41) is 2.75. The van der Waals surface area contributed by atoms with Crippen LogP contribution in [-0.2, 0) is 6.54 Å². The van der Waals surface area contributed by atoms with Crippen LogP contribution in [0.1, 0.15) is 29.9 Å². The number of aromatic nitrogens is 1. The highest BCUT2D eigenvalue weighted by atomic mass is 19.4. The minimum absolute atomic E-state index is 0.0753. The monoisotopic (exact) mass is 464 g/mol. The SMILES string of the molecule is COc1ccc(-c2nc(CNC(=O)c3ccccc3OC(C)C)co2)cc1OCC(F)(F)F. The molecule has 1 N–H and O–H groups in total. The Bertz CT molecular complexity index is 1100. The minimum atomic E-state index is -4.49. The molecular formula is C23H23F3N2O5. The second-order valence-electron chi connectivity index (χ2n) is 7.26. The van der Waals surface area contributed by atoms with E-state index in [9.17, 15) is 18.0 Å². The number of alkyl halides is 3. The van der Waals surface area contributed by atoms with Gasteiger partial charge in [0.15, 0.2) is 18.1 Å². The molecule has 0 bridgehead atoms. The number of carbonyl (C=O) groups excluding carboxylic acids is 1. The van der Waals surface area contributed by atoms with Crippen molar-refractivity contribution in [2.75, 3.05) is 13.7 Å². The van der Waals surface area contributed by atoms with Gasteiger partial charge in [-0.15, -0.1) is 0 Å². The van der Waals surface area contributed by atoms with Gasteiger partial charge in [0.05, 0.1) is 31.0 Å². The fraction of sp³-hybridized carbons (Fsp3) is 0.304. The van der Waals surface area contributed by atoms with Crippen LogP contribution in [0.25, 0.3) is 11.5 Å². The molecular weight excluding hydrogens is 441 g/mol. The number of ether oxygens (including phenoxy) is 3. The summed E-state index contributed by atoms with van der Waals surface area (Å²) in [6.45, 7) is 2.35. The lowest BCUT2D eigenvalue weighted by Crippen LogP contribution is -2.24. The highest BCUT2D eigenvalue weighted by Crippen LogP contribution is 2.33. The quantitative estimate of drug-likeness (QED) is 0.480. The molecule has 33 heavy (non-hydrogen) atoms. The van der Waals surface area contributed by atoms with Crippen molar-refractivity contribution < 1.29 is 36.6 Å². The van der Waals surface area contributed by atoms with Gasteiger partial charge in [0, 0.05) is 5.56 Å². The molecule has 0 aliphatic heterocycles. The molecule has 2 aromatic carbocycles. The molecule has 0 aliphatic rings. The molecule has 0 saturated carbocycles. The number of halogens is 3. The summed E-state index contributed by atoms with van der Waals surface area (Å²) in [5.74, 6) is 0.326. The van der Waals surface area contributed by atoms with Crippen molar-refractivity contribution in [3.05, 3.63) is 60.0 Å². The molecule has 0 atom stereocenters. The molecule has 1 aromatic heterocycles. The molecule has 1 amide bonds. The van der Waals surface area contributed by atoms with Gasteiger partial charge in [-0.2, -0.15) is 13.2 Å². The lowest BCUT2D eigenvalue weighted by atomic mass is 10.2. The third kappa shape index (κ3) is 6.64. The van der Waals surface area contributed by atoms with Crippen LogP contribution in [0.4, 0.5) is 13.2 Å². The van der Waals surface area contributed by atoms with Crippen LogP contribution in [0.2, 0.25) is 0 Å². The molecule has 0 fully saturated rings. The number of benzene rings is 2. The zero-order chi connectivity index (χ0) is 24.0. The maximum Gasteiger partial charge on any atom is 0.422 e. The van der Waals surface area contributed by atoms with E-state index in [1.165, 1.54) is 25.5 Å². The van der Waals surface area contributed by atoms with Crippen molar-refractivity contribution in [1.82, 2.24) is 10.3 Å². The van der Waals surface area contributed by atoms with E-state index in [2.05, 4.69) is 10.3 Å². The molecule has 7 nitrogen and oxygen atoms in total. The van der Waals surface area contributed by atoms with Crippen molar-refractivity contribution in [3.63, 3.8) is 0 Å². The van der Waals surface area contributed by atoms with Crippen LogP contribution in [0.3, 0.4) is 0 Å². The third-order valence-corrected chi connectivity index (χ3v) is 4.28. The number of oxazole rings is 1. The van der Waals surface area contributed by atoms with Gasteiger partial charge < -0.3 is 23.9 Å².